The molecule has 9 heteroatoms. The molecule has 0 aromatic carbocycles. The Balaban J connectivity index is 2.01. The number of fused-ring (bicyclic) bond motifs is 1. The van der Waals surface area contributed by atoms with Crippen LogP contribution >= 0.6 is 15.9 Å². The number of hydrogen-bond acceptors (Lipinski definition) is 5. The van der Waals surface area contributed by atoms with Gasteiger partial charge in [0, 0.05) is 6.20 Å². The number of rotatable bonds is 2. The van der Waals surface area contributed by atoms with Crippen molar-refractivity contribution in [3.8, 4) is 0 Å². The van der Waals surface area contributed by atoms with Crippen LogP contribution in [0.2, 0.25) is 0 Å². The van der Waals surface area contributed by atoms with Crippen molar-refractivity contribution >= 4 is 15.9 Å². The van der Waals surface area contributed by atoms with E-state index in [4.69, 9.17) is 14.2 Å². The number of hydrogen-bond donors (Lipinski definition) is 1. The van der Waals surface area contributed by atoms with Gasteiger partial charge in [-0.1, -0.05) is 0 Å². The van der Waals surface area contributed by atoms with Gasteiger partial charge in [0.25, 0.3) is 5.56 Å². The number of aromatic nitrogens is 2. The second-order valence-electron chi connectivity index (χ2n) is 5.43. The Morgan fingerprint density at radius 1 is 1.38 bits per heavy atom. The summed E-state index contributed by atoms with van der Waals surface area (Å²) in [6.45, 7) is 2.67. The third-order valence-corrected chi connectivity index (χ3v) is 4.04. The van der Waals surface area contributed by atoms with E-state index >= 15 is 0 Å². The van der Waals surface area contributed by atoms with Crippen LogP contribution in [0.4, 0.5) is 4.39 Å². The van der Waals surface area contributed by atoms with Gasteiger partial charge in [-0.25, -0.2) is 9.18 Å². The topological polar surface area (TPSA) is 82.5 Å². The minimum absolute atomic E-state index is 0.170. The highest BCUT2D eigenvalue weighted by Gasteiger charge is 2.56. The highest BCUT2D eigenvalue weighted by atomic mass is 79.9. The normalized spacial score (nSPS) is 34.1. The number of ether oxygens (including phenoxy) is 3. The quantitative estimate of drug-likeness (QED) is 0.834. The van der Waals surface area contributed by atoms with Gasteiger partial charge < -0.3 is 14.2 Å². The lowest BCUT2D eigenvalue weighted by molar-refractivity contribution is -0.198. The van der Waals surface area contributed by atoms with Crippen LogP contribution in [0, 0.1) is 0 Å². The van der Waals surface area contributed by atoms with Crippen molar-refractivity contribution < 1.29 is 18.6 Å². The Morgan fingerprint density at radius 3 is 2.71 bits per heavy atom. The van der Waals surface area contributed by atoms with Crippen LogP contribution in [0.3, 0.4) is 0 Å². The zero-order valence-corrected chi connectivity index (χ0v) is 12.9. The lowest BCUT2D eigenvalue weighted by Gasteiger charge is -2.24. The maximum absolute atomic E-state index is 13.1. The molecule has 0 bridgehead atoms. The second-order valence-corrected chi connectivity index (χ2v) is 6.28. The number of alkyl halides is 1. The Morgan fingerprint density at radius 2 is 2.05 bits per heavy atom. The lowest BCUT2D eigenvalue weighted by Crippen LogP contribution is -2.37. The SMILES string of the molecule is CC1(C)OC2C(CF)OC(n3cc(Br)c(=O)[nH]c3=O)C2O1. The molecule has 7 nitrogen and oxygen atoms in total. The molecule has 0 amide bonds. The van der Waals surface area contributed by atoms with Crippen LogP contribution in [0.5, 0.6) is 0 Å². The molecule has 0 saturated carbocycles. The molecule has 1 aromatic heterocycles. The van der Waals surface area contributed by atoms with Crippen molar-refractivity contribution in [1.29, 1.82) is 0 Å². The number of nitrogens with zero attached hydrogens (tertiary/aromatic N) is 1. The first-order valence-electron chi connectivity index (χ1n) is 6.40. The Hall–Kier alpha value is -1.03. The fraction of sp³-hybridized carbons (Fsp3) is 0.667. The molecule has 3 rings (SSSR count). The van der Waals surface area contributed by atoms with Gasteiger partial charge in [-0.3, -0.25) is 14.3 Å². The van der Waals surface area contributed by atoms with Crippen LogP contribution in [-0.4, -0.2) is 40.3 Å². The fourth-order valence-corrected chi connectivity index (χ4v) is 2.98. The van der Waals surface area contributed by atoms with E-state index in [-0.39, 0.29) is 4.47 Å². The Kier molecular flexibility index (Phi) is 3.55. The van der Waals surface area contributed by atoms with E-state index < -0.39 is 48.3 Å². The monoisotopic (exact) mass is 364 g/mol. The zero-order valence-electron chi connectivity index (χ0n) is 11.3. The first kappa shape index (κ1) is 14.9. The molecule has 21 heavy (non-hydrogen) atoms. The molecular formula is C12H14BrFN2O5. The third-order valence-electron chi connectivity index (χ3n) is 3.48. The van der Waals surface area contributed by atoms with Crippen LogP contribution in [-0.2, 0) is 14.2 Å². The summed E-state index contributed by atoms with van der Waals surface area (Å²) < 4.78 is 31.3. The number of aromatic amines is 1. The van der Waals surface area contributed by atoms with Crippen molar-refractivity contribution in [2.24, 2.45) is 0 Å². The molecule has 1 N–H and O–H groups in total. The van der Waals surface area contributed by atoms with Gasteiger partial charge in [0.05, 0.1) is 4.47 Å². The molecule has 3 heterocycles. The first-order chi connectivity index (χ1) is 9.82. The summed E-state index contributed by atoms with van der Waals surface area (Å²) in [7, 11) is 0. The molecule has 0 radical (unpaired) electrons. The molecule has 1 aromatic rings. The molecule has 2 fully saturated rings. The second kappa shape index (κ2) is 5.01. The summed E-state index contributed by atoms with van der Waals surface area (Å²) in [6, 6.07) is 0. The van der Waals surface area contributed by atoms with Gasteiger partial charge in [0.2, 0.25) is 0 Å². The predicted molar refractivity (Wildman–Crippen MR) is 72.7 cm³/mol. The maximum atomic E-state index is 13.1. The maximum Gasteiger partial charge on any atom is 0.330 e. The standard InChI is InChI=1S/C12H14BrFN2O5/c1-12(2)20-7-6(3-14)19-10(8(7)21-12)16-4-5(13)9(17)15-11(16)18/h4,6-8,10H,3H2,1-2H3,(H,15,17,18). The number of H-pyrrole nitrogens is 1. The van der Waals surface area contributed by atoms with Gasteiger partial charge in [0.1, 0.15) is 25.0 Å². The average molecular weight is 365 g/mol. The molecule has 2 aliphatic rings. The summed E-state index contributed by atoms with van der Waals surface area (Å²) in [4.78, 5) is 25.5. The van der Waals surface area contributed by atoms with Gasteiger partial charge >= 0.3 is 5.69 Å². The van der Waals surface area contributed by atoms with E-state index in [9.17, 15) is 14.0 Å². The van der Waals surface area contributed by atoms with E-state index in [0.717, 1.165) is 0 Å². The largest absolute Gasteiger partial charge is 0.346 e. The van der Waals surface area contributed by atoms with Gasteiger partial charge in [-0.05, 0) is 29.8 Å². The molecule has 4 atom stereocenters. The van der Waals surface area contributed by atoms with Crippen molar-refractivity contribution in [3.63, 3.8) is 0 Å². The van der Waals surface area contributed by atoms with Gasteiger partial charge in [0.15, 0.2) is 12.0 Å². The van der Waals surface area contributed by atoms with Crippen molar-refractivity contribution in [2.45, 2.75) is 44.2 Å². The zero-order chi connectivity index (χ0) is 15.4. The molecule has 0 aliphatic carbocycles. The van der Waals surface area contributed by atoms with E-state index in [1.54, 1.807) is 13.8 Å². The Labute approximate surface area is 127 Å². The Bertz CT molecular complexity index is 672. The van der Waals surface area contributed by atoms with Crippen molar-refractivity contribution in [2.75, 3.05) is 6.67 Å². The van der Waals surface area contributed by atoms with Crippen molar-refractivity contribution in [1.82, 2.24) is 9.55 Å². The predicted octanol–water partition coefficient (Wildman–Crippen LogP) is 0.686. The molecule has 0 spiro atoms. The molecule has 2 saturated heterocycles. The fourth-order valence-electron chi connectivity index (χ4n) is 2.66. The molecule has 4 unspecified atom stereocenters. The van der Waals surface area contributed by atoms with Crippen LogP contribution in [0.25, 0.3) is 0 Å². The van der Waals surface area contributed by atoms with Crippen LogP contribution in [0.1, 0.15) is 20.1 Å². The van der Waals surface area contributed by atoms with Crippen LogP contribution in [0.15, 0.2) is 20.3 Å². The first-order valence-corrected chi connectivity index (χ1v) is 7.20. The summed E-state index contributed by atoms with van der Waals surface area (Å²) in [5, 5.41) is 0. The van der Waals surface area contributed by atoms with Crippen molar-refractivity contribution in [3.05, 3.63) is 31.5 Å². The number of nitrogens with one attached hydrogen (secondary N) is 1. The molecular weight excluding hydrogens is 351 g/mol. The van der Waals surface area contributed by atoms with E-state index in [1.807, 2.05) is 0 Å². The highest BCUT2D eigenvalue weighted by Crippen LogP contribution is 2.42. The smallest absolute Gasteiger partial charge is 0.330 e. The van der Waals surface area contributed by atoms with Gasteiger partial charge in [-0.15, -0.1) is 0 Å². The van der Waals surface area contributed by atoms with E-state index in [2.05, 4.69) is 20.9 Å². The molecule has 2 aliphatic heterocycles. The third kappa shape index (κ3) is 2.48. The summed E-state index contributed by atoms with van der Waals surface area (Å²) >= 11 is 3.05. The number of halogens is 2. The minimum atomic E-state index is -0.881. The van der Waals surface area contributed by atoms with E-state index in [0.29, 0.717) is 0 Å². The average Bonchev–Trinajstić information content (AvgIpc) is 2.87. The highest BCUT2D eigenvalue weighted by molar-refractivity contribution is 9.10. The van der Waals surface area contributed by atoms with E-state index in [1.165, 1.54) is 10.8 Å². The summed E-state index contributed by atoms with van der Waals surface area (Å²) in [5.41, 5.74) is -1.20. The summed E-state index contributed by atoms with van der Waals surface area (Å²) in [5.74, 6) is -0.881. The minimum Gasteiger partial charge on any atom is -0.346 e. The summed E-state index contributed by atoms with van der Waals surface area (Å²) in [6.07, 6.45) is -1.61. The van der Waals surface area contributed by atoms with Gasteiger partial charge in [-0.2, -0.15) is 0 Å². The lowest BCUT2D eigenvalue weighted by atomic mass is 10.1. The molecule has 116 valence electrons. The van der Waals surface area contributed by atoms with Crippen LogP contribution < -0.4 is 11.2 Å².